The Bertz CT molecular complexity index is 259. The van der Waals surface area contributed by atoms with E-state index >= 15 is 0 Å². The first-order chi connectivity index (χ1) is 8.77. The first kappa shape index (κ1) is 13.9. The van der Waals surface area contributed by atoms with Gasteiger partial charge in [0.25, 0.3) is 0 Å². The van der Waals surface area contributed by atoms with Crippen LogP contribution < -0.4 is 10.6 Å². The standard InChI is InChI=1S/C15H28N2O/c1-12-8-5-6-9-13(12)17-15(18)14-10-4-2-3-7-11-16-14/h12-14,16H,2-11H2,1H3,(H,17,18). The molecule has 1 amide bonds. The van der Waals surface area contributed by atoms with E-state index in [2.05, 4.69) is 17.6 Å². The third-order valence-corrected chi connectivity index (χ3v) is 4.57. The number of nitrogens with one attached hydrogen (secondary N) is 2. The van der Waals surface area contributed by atoms with Crippen LogP contribution in [-0.4, -0.2) is 24.5 Å². The average molecular weight is 252 g/mol. The van der Waals surface area contributed by atoms with Crippen molar-refractivity contribution >= 4 is 5.91 Å². The van der Waals surface area contributed by atoms with Crippen LogP contribution in [0.3, 0.4) is 0 Å². The first-order valence-electron chi connectivity index (χ1n) is 7.81. The highest BCUT2D eigenvalue weighted by Crippen LogP contribution is 2.24. The smallest absolute Gasteiger partial charge is 0.237 e. The maximum absolute atomic E-state index is 12.3. The molecule has 0 radical (unpaired) electrons. The minimum atomic E-state index is 0.0550. The Kier molecular flexibility index (Phi) is 5.48. The van der Waals surface area contributed by atoms with Crippen LogP contribution in [0.25, 0.3) is 0 Å². The summed E-state index contributed by atoms with van der Waals surface area (Å²) in [6.45, 7) is 3.27. The molecule has 3 heteroatoms. The van der Waals surface area contributed by atoms with Crippen LogP contribution in [-0.2, 0) is 4.79 Å². The molecule has 0 bridgehead atoms. The minimum Gasteiger partial charge on any atom is -0.352 e. The molecule has 1 aliphatic carbocycles. The van der Waals surface area contributed by atoms with Crippen LogP contribution in [0, 0.1) is 5.92 Å². The molecule has 3 atom stereocenters. The lowest BCUT2D eigenvalue weighted by Gasteiger charge is -2.31. The fraction of sp³-hybridized carbons (Fsp3) is 0.933. The van der Waals surface area contributed by atoms with E-state index in [-0.39, 0.29) is 11.9 Å². The van der Waals surface area contributed by atoms with Crippen molar-refractivity contribution in [2.75, 3.05) is 6.54 Å². The van der Waals surface area contributed by atoms with Gasteiger partial charge in [-0.3, -0.25) is 4.79 Å². The van der Waals surface area contributed by atoms with E-state index in [1.165, 1.54) is 51.4 Å². The molecule has 1 heterocycles. The zero-order valence-electron chi connectivity index (χ0n) is 11.7. The zero-order chi connectivity index (χ0) is 12.8. The lowest BCUT2D eigenvalue weighted by Crippen LogP contribution is -2.50. The third kappa shape index (κ3) is 3.98. The summed E-state index contributed by atoms with van der Waals surface area (Å²) in [6.07, 6.45) is 11.0. The Labute approximate surface area is 111 Å². The molecule has 18 heavy (non-hydrogen) atoms. The summed E-state index contributed by atoms with van der Waals surface area (Å²) in [5, 5.41) is 6.70. The van der Waals surface area contributed by atoms with Crippen LogP contribution in [0.15, 0.2) is 0 Å². The summed E-state index contributed by atoms with van der Waals surface area (Å²) in [4.78, 5) is 12.3. The number of carbonyl (C=O) groups is 1. The van der Waals surface area contributed by atoms with Crippen LogP contribution in [0.4, 0.5) is 0 Å². The van der Waals surface area contributed by atoms with Crippen LogP contribution in [0.2, 0.25) is 0 Å². The van der Waals surface area contributed by atoms with Crippen molar-refractivity contribution in [2.45, 2.75) is 76.8 Å². The van der Waals surface area contributed by atoms with E-state index in [1.54, 1.807) is 0 Å². The van der Waals surface area contributed by atoms with Gasteiger partial charge in [-0.2, -0.15) is 0 Å². The van der Waals surface area contributed by atoms with Crippen LogP contribution >= 0.6 is 0 Å². The highest BCUT2D eigenvalue weighted by Gasteiger charge is 2.26. The van der Waals surface area contributed by atoms with Crippen molar-refractivity contribution in [1.82, 2.24) is 10.6 Å². The molecule has 2 N–H and O–H groups in total. The van der Waals surface area contributed by atoms with Gasteiger partial charge in [0.05, 0.1) is 6.04 Å². The molecule has 3 nitrogen and oxygen atoms in total. The van der Waals surface area contributed by atoms with Gasteiger partial charge in [-0.1, -0.05) is 39.0 Å². The monoisotopic (exact) mass is 252 g/mol. The second-order valence-electron chi connectivity index (χ2n) is 6.09. The van der Waals surface area contributed by atoms with Gasteiger partial charge in [0.2, 0.25) is 5.91 Å². The van der Waals surface area contributed by atoms with Crippen molar-refractivity contribution in [2.24, 2.45) is 5.92 Å². The quantitative estimate of drug-likeness (QED) is 0.793. The molecule has 1 aliphatic heterocycles. The lowest BCUT2D eigenvalue weighted by molar-refractivity contribution is -0.124. The Morgan fingerprint density at radius 3 is 2.56 bits per heavy atom. The molecule has 104 valence electrons. The van der Waals surface area contributed by atoms with Gasteiger partial charge in [-0.25, -0.2) is 0 Å². The Balaban J connectivity index is 1.81. The van der Waals surface area contributed by atoms with Crippen molar-refractivity contribution in [3.8, 4) is 0 Å². The Morgan fingerprint density at radius 2 is 1.72 bits per heavy atom. The van der Waals surface area contributed by atoms with Gasteiger partial charge in [-0.15, -0.1) is 0 Å². The lowest BCUT2D eigenvalue weighted by atomic mass is 9.85. The molecule has 2 aliphatic rings. The van der Waals surface area contributed by atoms with Gasteiger partial charge in [0, 0.05) is 6.04 Å². The summed E-state index contributed by atoms with van der Waals surface area (Å²) in [6, 6.07) is 0.470. The largest absolute Gasteiger partial charge is 0.352 e. The summed E-state index contributed by atoms with van der Waals surface area (Å²) in [7, 11) is 0. The molecule has 1 saturated heterocycles. The molecule has 2 rings (SSSR count). The first-order valence-corrected chi connectivity index (χ1v) is 7.81. The van der Waals surface area contributed by atoms with E-state index < -0.39 is 0 Å². The summed E-state index contributed by atoms with van der Waals surface area (Å²) < 4.78 is 0. The van der Waals surface area contributed by atoms with Crippen molar-refractivity contribution in [3.63, 3.8) is 0 Å². The molecule has 0 spiro atoms. The highest BCUT2D eigenvalue weighted by atomic mass is 16.2. The highest BCUT2D eigenvalue weighted by molar-refractivity contribution is 5.82. The molecule has 0 aromatic carbocycles. The molecular weight excluding hydrogens is 224 g/mol. The molecular formula is C15H28N2O. The Hall–Kier alpha value is -0.570. The molecule has 0 aromatic heterocycles. The third-order valence-electron chi connectivity index (χ3n) is 4.57. The van der Waals surface area contributed by atoms with Crippen molar-refractivity contribution < 1.29 is 4.79 Å². The number of rotatable bonds is 2. The number of amides is 1. The predicted octanol–water partition coefficient (Wildman–Crippen LogP) is 2.60. The van der Waals surface area contributed by atoms with Gasteiger partial charge in [0.1, 0.15) is 0 Å². The summed E-state index contributed by atoms with van der Waals surface area (Å²) in [5.74, 6) is 0.895. The molecule has 3 unspecified atom stereocenters. The van der Waals surface area contributed by atoms with E-state index in [9.17, 15) is 4.79 Å². The SMILES string of the molecule is CC1CCCCC1NC(=O)C1CCCCCCN1. The summed E-state index contributed by atoms with van der Waals surface area (Å²) in [5.41, 5.74) is 0. The minimum absolute atomic E-state index is 0.0550. The topological polar surface area (TPSA) is 41.1 Å². The van der Waals surface area contributed by atoms with E-state index in [4.69, 9.17) is 0 Å². The Morgan fingerprint density at radius 1 is 1.00 bits per heavy atom. The second-order valence-corrected chi connectivity index (χ2v) is 6.09. The molecule has 2 fully saturated rings. The average Bonchev–Trinajstić information content (AvgIpc) is 2.31. The second kappa shape index (κ2) is 7.13. The van der Waals surface area contributed by atoms with Crippen LogP contribution in [0.1, 0.15) is 64.7 Å². The molecule has 0 aromatic rings. The van der Waals surface area contributed by atoms with E-state index in [0.29, 0.717) is 12.0 Å². The molecule has 1 saturated carbocycles. The zero-order valence-corrected chi connectivity index (χ0v) is 11.7. The predicted molar refractivity (Wildman–Crippen MR) is 74.4 cm³/mol. The van der Waals surface area contributed by atoms with Gasteiger partial charge < -0.3 is 10.6 Å². The van der Waals surface area contributed by atoms with Crippen LogP contribution in [0.5, 0.6) is 0 Å². The van der Waals surface area contributed by atoms with E-state index in [1.807, 2.05) is 0 Å². The maximum atomic E-state index is 12.3. The van der Waals surface area contributed by atoms with Gasteiger partial charge in [0.15, 0.2) is 0 Å². The van der Waals surface area contributed by atoms with Crippen molar-refractivity contribution in [3.05, 3.63) is 0 Å². The van der Waals surface area contributed by atoms with Gasteiger partial charge >= 0.3 is 0 Å². The van der Waals surface area contributed by atoms with Gasteiger partial charge in [-0.05, 0) is 38.1 Å². The number of hydrogen-bond acceptors (Lipinski definition) is 2. The number of hydrogen-bond donors (Lipinski definition) is 2. The normalized spacial score (nSPS) is 34.4. The number of carbonyl (C=O) groups excluding carboxylic acids is 1. The fourth-order valence-corrected chi connectivity index (χ4v) is 3.24. The van der Waals surface area contributed by atoms with E-state index in [0.717, 1.165) is 13.0 Å². The summed E-state index contributed by atoms with van der Waals surface area (Å²) >= 11 is 0. The fourth-order valence-electron chi connectivity index (χ4n) is 3.24. The van der Waals surface area contributed by atoms with Crippen molar-refractivity contribution in [1.29, 1.82) is 0 Å². The maximum Gasteiger partial charge on any atom is 0.237 e.